The Hall–Kier alpha value is -0.160. The fraction of sp³-hybridized carbons (Fsp3) is 1.00. The zero-order valence-corrected chi connectivity index (χ0v) is 9.91. The van der Waals surface area contributed by atoms with Crippen molar-refractivity contribution < 1.29 is 9.84 Å². The van der Waals surface area contributed by atoms with Gasteiger partial charge in [-0.15, -0.1) is 0 Å². The second-order valence-electron chi connectivity index (χ2n) is 4.67. The molecular formula is C11H24N2O2. The number of hydrogen-bond donors (Lipinski definition) is 2. The van der Waals surface area contributed by atoms with Crippen molar-refractivity contribution in [2.45, 2.75) is 24.9 Å². The van der Waals surface area contributed by atoms with Crippen LogP contribution in [0.2, 0.25) is 0 Å². The first-order chi connectivity index (χ1) is 7.12. The van der Waals surface area contributed by atoms with Crippen LogP contribution < -0.4 is 5.73 Å². The molecule has 1 rings (SSSR count). The third kappa shape index (κ3) is 4.07. The van der Waals surface area contributed by atoms with E-state index in [0.717, 1.165) is 32.4 Å². The van der Waals surface area contributed by atoms with Gasteiger partial charge >= 0.3 is 0 Å². The lowest BCUT2D eigenvalue weighted by atomic mass is 9.97. The number of rotatable bonds is 8. The summed E-state index contributed by atoms with van der Waals surface area (Å²) in [5, 5.41) is 10.3. The van der Waals surface area contributed by atoms with E-state index in [4.69, 9.17) is 10.5 Å². The van der Waals surface area contributed by atoms with Gasteiger partial charge in [-0.05, 0) is 32.2 Å². The van der Waals surface area contributed by atoms with E-state index in [9.17, 15) is 5.11 Å². The Morgan fingerprint density at radius 2 is 2.20 bits per heavy atom. The molecule has 3 N–H and O–H groups in total. The molecule has 4 heteroatoms. The first-order valence-corrected chi connectivity index (χ1v) is 5.72. The highest BCUT2D eigenvalue weighted by Gasteiger charge is 2.43. The van der Waals surface area contributed by atoms with E-state index in [0.29, 0.717) is 19.0 Å². The van der Waals surface area contributed by atoms with Gasteiger partial charge in [0.15, 0.2) is 0 Å². The zero-order valence-electron chi connectivity index (χ0n) is 9.91. The van der Waals surface area contributed by atoms with Gasteiger partial charge in [0, 0.05) is 33.4 Å². The van der Waals surface area contributed by atoms with Crippen molar-refractivity contribution in [2.24, 2.45) is 11.7 Å². The van der Waals surface area contributed by atoms with Crippen molar-refractivity contribution in [2.75, 3.05) is 40.4 Å². The molecular weight excluding hydrogens is 192 g/mol. The first-order valence-electron chi connectivity index (χ1n) is 5.72. The molecule has 0 aromatic heterocycles. The standard InChI is InChI=1S/C11H24N2O2/c1-13(6-3-7-15-2)9-11(14,8-12)10-4-5-10/h10,14H,3-9,12H2,1-2H3. The van der Waals surface area contributed by atoms with E-state index < -0.39 is 5.60 Å². The van der Waals surface area contributed by atoms with Crippen LogP contribution >= 0.6 is 0 Å². The van der Waals surface area contributed by atoms with Gasteiger partial charge in [-0.1, -0.05) is 0 Å². The van der Waals surface area contributed by atoms with Crippen LogP contribution in [-0.4, -0.2) is 56.0 Å². The van der Waals surface area contributed by atoms with E-state index in [-0.39, 0.29) is 0 Å². The molecule has 1 fully saturated rings. The SMILES string of the molecule is COCCCN(C)CC(O)(CN)C1CC1. The summed E-state index contributed by atoms with van der Waals surface area (Å²) in [6, 6.07) is 0. The molecule has 0 aromatic rings. The first kappa shape index (κ1) is 12.9. The van der Waals surface area contributed by atoms with Crippen LogP contribution in [0.3, 0.4) is 0 Å². The summed E-state index contributed by atoms with van der Waals surface area (Å²) in [7, 11) is 3.74. The van der Waals surface area contributed by atoms with Gasteiger partial charge in [0.25, 0.3) is 0 Å². The van der Waals surface area contributed by atoms with Crippen LogP contribution in [-0.2, 0) is 4.74 Å². The molecule has 90 valence electrons. The summed E-state index contributed by atoms with van der Waals surface area (Å²) >= 11 is 0. The van der Waals surface area contributed by atoms with Gasteiger partial charge in [-0.25, -0.2) is 0 Å². The summed E-state index contributed by atoms with van der Waals surface area (Å²) in [5.74, 6) is 0.423. The van der Waals surface area contributed by atoms with E-state index in [1.165, 1.54) is 0 Å². The summed E-state index contributed by atoms with van der Waals surface area (Å²) < 4.78 is 4.99. The van der Waals surface area contributed by atoms with Gasteiger partial charge in [-0.2, -0.15) is 0 Å². The van der Waals surface area contributed by atoms with Crippen molar-refractivity contribution >= 4 is 0 Å². The number of aliphatic hydroxyl groups is 1. The highest BCUT2D eigenvalue weighted by atomic mass is 16.5. The van der Waals surface area contributed by atoms with Crippen molar-refractivity contribution in [1.29, 1.82) is 0 Å². The Morgan fingerprint density at radius 3 is 2.67 bits per heavy atom. The minimum atomic E-state index is -0.665. The van der Waals surface area contributed by atoms with Crippen LogP contribution in [0, 0.1) is 5.92 Å². The average molecular weight is 216 g/mol. The number of nitrogens with two attached hydrogens (primary N) is 1. The van der Waals surface area contributed by atoms with E-state index in [1.54, 1.807) is 7.11 Å². The molecule has 0 saturated heterocycles. The van der Waals surface area contributed by atoms with E-state index in [2.05, 4.69) is 4.90 Å². The van der Waals surface area contributed by atoms with Gasteiger partial charge in [0.05, 0.1) is 5.60 Å². The Kier molecular flexibility index (Phi) is 4.99. The molecule has 0 spiro atoms. The predicted molar refractivity (Wildman–Crippen MR) is 60.7 cm³/mol. The monoisotopic (exact) mass is 216 g/mol. The Bertz CT molecular complexity index is 185. The Morgan fingerprint density at radius 1 is 1.53 bits per heavy atom. The fourth-order valence-corrected chi connectivity index (χ4v) is 2.01. The zero-order chi connectivity index (χ0) is 11.3. The minimum absolute atomic E-state index is 0.367. The van der Waals surface area contributed by atoms with Crippen LogP contribution in [0.15, 0.2) is 0 Å². The molecule has 1 aliphatic rings. The molecule has 1 atom stereocenters. The second-order valence-corrected chi connectivity index (χ2v) is 4.67. The van der Waals surface area contributed by atoms with Crippen LogP contribution in [0.25, 0.3) is 0 Å². The molecule has 0 bridgehead atoms. The average Bonchev–Trinajstić information content (AvgIpc) is 3.01. The van der Waals surface area contributed by atoms with E-state index >= 15 is 0 Å². The Balaban J connectivity index is 2.24. The van der Waals surface area contributed by atoms with Gasteiger partial charge in [0.1, 0.15) is 0 Å². The molecule has 0 heterocycles. The fourth-order valence-electron chi connectivity index (χ4n) is 2.01. The second kappa shape index (κ2) is 5.80. The number of nitrogens with zero attached hydrogens (tertiary/aromatic N) is 1. The maximum absolute atomic E-state index is 10.3. The van der Waals surface area contributed by atoms with E-state index in [1.807, 2.05) is 7.05 Å². The van der Waals surface area contributed by atoms with Gasteiger partial charge in [0.2, 0.25) is 0 Å². The summed E-state index contributed by atoms with van der Waals surface area (Å²) in [4.78, 5) is 2.14. The topological polar surface area (TPSA) is 58.7 Å². The number of ether oxygens (including phenoxy) is 1. The number of methoxy groups -OCH3 is 1. The van der Waals surface area contributed by atoms with Crippen LogP contribution in [0.4, 0.5) is 0 Å². The highest BCUT2D eigenvalue weighted by molar-refractivity contribution is 4.97. The minimum Gasteiger partial charge on any atom is -0.387 e. The lowest BCUT2D eigenvalue weighted by molar-refractivity contribution is -0.00335. The molecule has 4 nitrogen and oxygen atoms in total. The lowest BCUT2D eigenvalue weighted by Gasteiger charge is -2.31. The molecule has 1 saturated carbocycles. The molecule has 0 aromatic carbocycles. The summed E-state index contributed by atoms with van der Waals surface area (Å²) in [6.07, 6.45) is 3.25. The summed E-state index contributed by atoms with van der Waals surface area (Å²) in [5.41, 5.74) is 4.98. The van der Waals surface area contributed by atoms with Crippen LogP contribution in [0.1, 0.15) is 19.3 Å². The van der Waals surface area contributed by atoms with Crippen LogP contribution in [0.5, 0.6) is 0 Å². The lowest BCUT2D eigenvalue weighted by Crippen LogP contribution is -2.49. The number of hydrogen-bond acceptors (Lipinski definition) is 4. The maximum atomic E-state index is 10.3. The van der Waals surface area contributed by atoms with Crippen molar-refractivity contribution in [3.05, 3.63) is 0 Å². The third-order valence-corrected chi connectivity index (χ3v) is 3.12. The quantitative estimate of drug-likeness (QED) is 0.563. The third-order valence-electron chi connectivity index (χ3n) is 3.12. The van der Waals surface area contributed by atoms with Crippen molar-refractivity contribution in [1.82, 2.24) is 4.90 Å². The molecule has 0 amide bonds. The highest BCUT2D eigenvalue weighted by Crippen LogP contribution is 2.39. The van der Waals surface area contributed by atoms with Gasteiger partial charge in [-0.3, -0.25) is 0 Å². The molecule has 1 unspecified atom stereocenters. The molecule has 0 radical (unpaired) electrons. The maximum Gasteiger partial charge on any atom is 0.0923 e. The van der Waals surface area contributed by atoms with Crippen molar-refractivity contribution in [3.63, 3.8) is 0 Å². The number of likely N-dealkylation sites (N-methyl/N-ethyl adjacent to an activating group) is 1. The molecule has 15 heavy (non-hydrogen) atoms. The Labute approximate surface area is 92.4 Å². The van der Waals surface area contributed by atoms with Crippen molar-refractivity contribution in [3.8, 4) is 0 Å². The van der Waals surface area contributed by atoms with Gasteiger partial charge < -0.3 is 20.5 Å². The smallest absolute Gasteiger partial charge is 0.0923 e. The molecule has 0 aliphatic heterocycles. The predicted octanol–water partition coefficient (Wildman–Crippen LogP) is 0.0545. The normalized spacial score (nSPS) is 20.6. The largest absolute Gasteiger partial charge is 0.387 e. The summed E-state index contributed by atoms with van der Waals surface area (Å²) in [6.45, 7) is 2.77. The molecule has 1 aliphatic carbocycles.